The lowest BCUT2D eigenvalue weighted by Gasteiger charge is -2.46. The number of carbonyl (C=O) groups is 2. The summed E-state index contributed by atoms with van der Waals surface area (Å²) in [6, 6.07) is 4.41. The predicted molar refractivity (Wildman–Crippen MR) is 91.5 cm³/mol. The summed E-state index contributed by atoms with van der Waals surface area (Å²) in [6.45, 7) is 13.6. The first-order chi connectivity index (χ1) is 10.6. The molecule has 1 aromatic carbocycles. The van der Waals surface area contributed by atoms with Crippen molar-refractivity contribution >= 4 is 11.8 Å². The van der Waals surface area contributed by atoms with Crippen LogP contribution in [-0.2, 0) is 19.7 Å². The lowest BCUT2D eigenvalue weighted by molar-refractivity contribution is -0.147. The molecule has 23 heavy (non-hydrogen) atoms. The molecule has 1 fully saturated rings. The highest BCUT2D eigenvalue weighted by Gasteiger charge is 2.46. The van der Waals surface area contributed by atoms with Crippen molar-refractivity contribution in [3.63, 3.8) is 0 Å². The highest BCUT2D eigenvalue weighted by atomic mass is 16.5. The van der Waals surface area contributed by atoms with Crippen molar-refractivity contribution < 1.29 is 14.3 Å². The van der Waals surface area contributed by atoms with Crippen LogP contribution in [0.1, 0.15) is 48.9 Å². The maximum Gasteiger partial charge on any atom is 0.333 e. The topological polar surface area (TPSA) is 43.4 Å². The third kappa shape index (κ3) is 3.54. The molecular formula is C20H26O3. The zero-order valence-electron chi connectivity index (χ0n) is 14.8. The highest BCUT2D eigenvalue weighted by Crippen LogP contribution is 2.50. The predicted octanol–water partition coefficient (Wildman–Crippen LogP) is 3.97. The summed E-state index contributed by atoms with van der Waals surface area (Å²) in [4.78, 5) is 23.6. The summed E-state index contributed by atoms with van der Waals surface area (Å²) in [5, 5.41) is 0. The number of aryl methyl sites for hydroxylation is 3. The average Bonchev–Trinajstić information content (AvgIpc) is 2.39. The van der Waals surface area contributed by atoms with Crippen LogP contribution in [0, 0.1) is 26.7 Å². The SMILES string of the molecule is C=C(C)C(=O)OCC(=O)C1CC(C)(c2c(C)cc(C)cc2C)C1. The summed E-state index contributed by atoms with van der Waals surface area (Å²) in [5.41, 5.74) is 5.59. The van der Waals surface area contributed by atoms with Crippen molar-refractivity contribution in [1.82, 2.24) is 0 Å². The zero-order chi connectivity index (χ0) is 17.4. The minimum atomic E-state index is -0.495. The van der Waals surface area contributed by atoms with Crippen LogP contribution in [0.3, 0.4) is 0 Å². The second-order valence-corrected chi connectivity index (χ2v) is 7.26. The van der Waals surface area contributed by atoms with Gasteiger partial charge in [0.2, 0.25) is 0 Å². The monoisotopic (exact) mass is 314 g/mol. The number of ether oxygens (including phenoxy) is 1. The van der Waals surface area contributed by atoms with E-state index >= 15 is 0 Å². The van der Waals surface area contributed by atoms with Gasteiger partial charge in [-0.3, -0.25) is 4.79 Å². The molecule has 1 aromatic rings. The molecule has 0 amide bonds. The number of carbonyl (C=O) groups excluding carboxylic acids is 2. The minimum absolute atomic E-state index is 0.0134. The van der Waals surface area contributed by atoms with Gasteiger partial charge in [0.15, 0.2) is 12.4 Å². The van der Waals surface area contributed by atoms with Crippen LogP contribution in [0.5, 0.6) is 0 Å². The largest absolute Gasteiger partial charge is 0.454 e. The Kier molecular flexibility index (Phi) is 4.79. The number of hydrogen-bond donors (Lipinski definition) is 0. The van der Waals surface area contributed by atoms with Crippen LogP contribution in [0.25, 0.3) is 0 Å². The molecule has 3 heteroatoms. The Bertz CT molecular complexity index is 640. The lowest BCUT2D eigenvalue weighted by Crippen LogP contribution is -2.44. The van der Waals surface area contributed by atoms with Gasteiger partial charge in [0.1, 0.15) is 0 Å². The Hall–Kier alpha value is -1.90. The van der Waals surface area contributed by atoms with Gasteiger partial charge in [-0.15, -0.1) is 0 Å². The van der Waals surface area contributed by atoms with Crippen molar-refractivity contribution in [3.05, 3.63) is 46.5 Å². The third-order valence-corrected chi connectivity index (χ3v) is 4.82. The molecule has 0 radical (unpaired) electrons. The number of ketones is 1. The number of Topliss-reactive ketones (excluding diaryl/α,β-unsaturated/α-hetero) is 1. The fourth-order valence-corrected chi connectivity index (χ4v) is 3.97. The maximum atomic E-state index is 12.2. The van der Waals surface area contributed by atoms with E-state index in [1.54, 1.807) is 6.92 Å². The first-order valence-electron chi connectivity index (χ1n) is 8.08. The Morgan fingerprint density at radius 2 is 1.74 bits per heavy atom. The smallest absolute Gasteiger partial charge is 0.333 e. The van der Waals surface area contributed by atoms with Gasteiger partial charge in [-0.2, -0.15) is 0 Å². The molecule has 3 nitrogen and oxygen atoms in total. The van der Waals surface area contributed by atoms with E-state index in [0.717, 1.165) is 12.8 Å². The summed E-state index contributed by atoms with van der Waals surface area (Å²) < 4.78 is 4.97. The van der Waals surface area contributed by atoms with E-state index < -0.39 is 5.97 Å². The second-order valence-electron chi connectivity index (χ2n) is 7.26. The van der Waals surface area contributed by atoms with Crippen molar-refractivity contribution in [2.24, 2.45) is 5.92 Å². The molecule has 0 N–H and O–H groups in total. The number of esters is 1. The van der Waals surface area contributed by atoms with Gasteiger partial charge in [0.25, 0.3) is 0 Å². The second kappa shape index (κ2) is 6.31. The van der Waals surface area contributed by atoms with Gasteiger partial charge in [0, 0.05) is 11.5 Å². The van der Waals surface area contributed by atoms with Gasteiger partial charge < -0.3 is 4.74 Å². The quantitative estimate of drug-likeness (QED) is 0.610. The van der Waals surface area contributed by atoms with E-state index in [-0.39, 0.29) is 23.7 Å². The molecule has 1 aliphatic rings. The molecule has 1 saturated carbocycles. The standard InChI is InChI=1S/C20H26O3/c1-12(2)19(22)23-11-17(21)16-9-20(6,10-16)18-14(4)7-13(3)8-15(18)5/h7-8,16H,1,9-11H2,2-6H3. The van der Waals surface area contributed by atoms with E-state index in [1.807, 2.05) is 0 Å². The molecule has 1 aliphatic carbocycles. The molecule has 2 rings (SSSR count). The summed E-state index contributed by atoms with van der Waals surface area (Å²) in [5.74, 6) is -0.497. The zero-order valence-corrected chi connectivity index (χ0v) is 14.8. The molecule has 0 aliphatic heterocycles. The van der Waals surface area contributed by atoms with Gasteiger partial charge in [-0.1, -0.05) is 31.2 Å². The fraction of sp³-hybridized carbons (Fsp3) is 0.500. The Morgan fingerprint density at radius 1 is 1.22 bits per heavy atom. The molecule has 124 valence electrons. The minimum Gasteiger partial charge on any atom is -0.454 e. The van der Waals surface area contributed by atoms with Gasteiger partial charge in [-0.05, 0) is 62.6 Å². The molecule has 0 bridgehead atoms. The third-order valence-electron chi connectivity index (χ3n) is 4.82. The Labute approximate surface area is 138 Å². The molecule has 0 aromatic heterocycles. The van der Waals surface area contributed by atoms with Crippen LogP contribution in [0.4, 0.5) is 0 Å². The van der Waals surface area contributed by atoms with Crippen LogP contribution in [-0.4, -0.2) is 18.4 Å². The van der Waals surface area contributed by atoms with Crippen LogP contribution in [0.2, 0.25) is 0 Å². The van der Waals surface area contributed by atoms with E-state index in [4.69, 9.17) is 4.74 Å². The normalized spacial score (nSPS) is 23.1. The van der Waals surface area contributed by atoms with E-state index in [1.165, 1.54) is 22.3 Å². The maximum absolute atomic E-state index is 12.2. The first kappa shape index (κ1) is 17.5. The molecule has 0 heterocycles. The first-order valence-corrected chi connectivity index (χ1v) is 8.08. The van der Waals surface area contributed by atoms with Crippen LogP contribution >= 0.6 is 0 Å². The Morgan fingerprint density at radius 3 is 2.22 bits per heavy atom. The fourth-order valence-electron chi connectivity index (χ4n) is 3.97. The molecular weight excluding hydrogens is 288 g/mol. The van der Waals surface area contributed by atoms with Gasteiger partial charge in [0.05, 0.1) is 0 Å². The number of benzene rings is 1. The van der Waals surface area contributed by atoms with Crippen molar-refractivity contribution in [1.29, 1.82) is 0 Å². The van der Waals surface area contributed by atoms with Gasteiger partial charge >= 0.3 is 5.97 Å². The lowest BCUT2D eigenvalue weighted by atomic mass is 9.57. The van der Waals surface area contributed by atoms with E-state index in [0.29, 0.717) is 5.57 Å². The molecule has 0 saturated heterocycles. The Balaban J connectivity index is 2.01. The summed E-state index contributed by atoms with van der Waals surface area (Å²) >= 11 is 0. The number of hydrogen-bond acceptors (Lipinski definition) is 3. The molecule has 0 atom stereocenters. The summed E-state index contributed by atoms with van der Waals surface area (Å²) in [6.07, 6.45) is 1.64. The van der Waals surface area contributed by atoms with Crippen molar-refractivity contribution in [3.8, 4) is 0 Å². The number of rotatable bonds is 5. The van der Waals surface area contributed by atoms with Crippen LogP contribution < -0.4 is 0 Å². The average molecular weight is 314 g/mol. The summed E-state index contributed by atoms with van der Waals surface area (Å²) in [7, 11) is 0. The van der Waals surface area contributed by atoms with E-state index in [9.17, 15) is 9.59 Å². The molecule has 0 spiro atoms. The highest BCUT2D eigenvalue weighted by molar-refractivity contribution is 5.90. The van der Waals surface area contributed by atoms with Crippen molar-refractivity contribution in [2.45, 2.75) is 52.9 Å². The van der Waals surface area contributed by atoms with E-state index in [2.05, 4.69) is 46.4 Å². The van der Waals surface area contributed by atoms with Crippen molar-refractivity contribution in [2.75, 3.05) is 6.61 Å². The van der Waals surface area contributed by atoms with Crippen LogP contribution in [0.15, 0.2) is 24.3 Å². The van der Waals surface area contributed by atoms with Gasteiger partial charge in [-0.25, -0.2) is 4.79 Å². The molecule has 0 unspecified atom stereocenters.